The van der Waals surface area contributed by atoms with Crippen LogP contribution in [0, 0.1) is 5.92 Å². The lowest BCUT2D eigenvalue weighted by Gasteiger charge is -2.42. The van der Waals surface area contributed by atoms with Gasteiger partial charge in [-0.05, 0) is 64.1 Å². The molecule has 0 bridgehead atoms. The summed E-state index contributed by atoms with van der Waals surface area (Å²) in [7, 11) is -1.70. The summed E-state index contributed by atoms with van der Waals surface area (Å²) in [5, 5.41) is 0.244. The first-order valence-electron chi connectivity index (χ1n) is 9.40. The minimum Gasteiger partial charge on any atom is -0.444 e. The predicted octanol–water partition coefficient (Wildman–Crippen LogP) is 5.43. The summed E-state index contributed by atoms with van der Waals surface area (Å²) >= 11 is 0. The molecular weight excluding hydrogens is 318 g/mol. The van der Waals surface area contributed by atoms with Gasteiger partial charge in [-0.25, -0.2) is 4.79 Å². The van der Waals surface area contributed by atoms with Crippen LogP contribution in [-0.2, 0) is 9.16 Å². The molecule has 24 heavy (non-hydrogen) atoms. The van der Waals surface area contributed by atoms with Crippen molar-refractivity contribution in [2.24, 2.45) is 5.92 Å². The van der Waals surface area contributed by atoms with Crippen molar-refractivity contribution in [3.63, 3.8) is 0 Å². The van der Waals surface area contributed by atoms with Gasteiger partial charge in [0.05, 0.1) is 0 Å². The Morgan fingerprint density at radius 2 is 1.75 bits per heavy atom. The Labute approximate surface area is 150 Å². The van der Waals surface area contributed by atoms with Crippen molar-refractivity contribution in [2.75, 3.05) is 13.2 Å². The third-order valence-electron chi connectivity index (χ3n) is 5.41. The highest BCUT2D eigenvalue weighted by Gasteiger charge is 2.39. The Kier molecular flexibility index (Phi) is 6.96. The molecule has 0 aliphatic carbocycles. The van der Waals surface area contributed by atoms with Crippen LogP contribution in [0.4, 0.5) is 4.79 Å². The fourth-order valence-electron chi connectivity index (χ4n) is 2.78. The van der Waals surface area contributed by atoms with Crippen LogP contribution in [0.25, 0.3) is 0 Å². The molecular formula is C19H39NO3Si. The van der Waals surface area contributed by atoms with Crippen molar-refractivity contribution < 1.29 is 14.0 Å². The average molecular weight is 358 g/mol. The molecule has 0 spiro atoms. The molecule has 142 valence electrons. The first-order valence-corrected chi connectivity index (χ1v) is 12.3. The lowest BCUT2D eigenvalue weighted by molar-refractivity contribution is 0.000722. The fourth-order valence-corrected chi connectivity index (χ4v) is 3.86. The van der Waals surface area contributed by atoms with Crippen molar-refractivity contribution in [3.05, 3.63) is 0 Å². The molecule has 1 aliphatic rings. The van der Waals surface area contributed by atoms with Crippen LogP contribution in [0.15, 0.2) is 0 Å². The maximum Gasteiger partial charge on any atom is 0.410 e. The molecule has 0 aromatic carbocycles. The van der Waals surface area contributed by atoms with E-state index < -0.39 is 13.9 Å². The number of hydrogen-bond acceptors (Lipinski definition) is 3. The first-order chi connectivity index (χ1) is 10.8. The summed E-state index contributed by atoms with van der Waals surface area (Å²) in [6, 6.07) is 0.265. The Hall–Kier alpha value is -0.553. The van der Waals surface area contributed by atoms with E-state index in [9.17, 15) is 4.79 Å². The summed E-state index contributed by atoms with van der Waals surface area (Å²) in [6.07, 6.45) is 2.82. The van der Waals surface area contributed by atoms with Crippen molar-refractivity contribution >= 4 is 14.4 Å². The van der Waals surface area contributed by atoms with Gasteiger partial charge in [0.1, 0.15) is 5.60 Å². The fraction of sp³-hybridized carbons (Fsp3) is 0.947. The van der Waals surface area contributed by atoms with Gasteiger partial charge in [-0.15, -0.1) is 0 Å². The van der Waals surface area contributed by atoms with Crippen LogP contribution in [0.2, 0.25) is 18.1 Å². The van der Waals surface area contributed by atoms with E-state index in [1.807, 2.05) is 25.7 Å². The summed E-state index contributed by atoms with van der Waals surface area (Å²) in [6.45, 7) is 21.0. The standard InChI is InChI=1S/C19H39NO3Si/c1-10-16-13-15(14-22-24(8,9)19(5,6)7)11-12-20(16)17(21)23-18(2,3)4/h15-16H,10-14H2,1-9H3/t15-,16+/m0/s1. The number of likely N-dealkylation sites (tertiary alicyclic amines) is 1. The van der Waals surface area contributed by atoms with Gasteiger partial charge in [0.25, 0.3) is 0 Å². The van der Waals surface area contributed by atoms with Gasteiger partial charge >= 0.3 is 6.09 Å². The molecule has 1 amide bonds. The summed E-state index contributed by atoms with van der Waals surface area (Å²) < 4.78 is 12.0. The van der Waals surface area contributed by atoms with Gasteiger partial charge in [0.15, 0.2) is 8.32 Å². The Bertz CT molecular complexity index is 423. The third-order valence-corrected chi connectivity index (χ3v) is 9.91. The monoisotopic (exact) mass is 357 g/mol. The summed E-state index contributed by atoms with van der Waals surface area (Å²) in [4.78, 5) is 14.3. The molecule has 1 saturated heterocycles. The number of rotatable bonds is 4. The van der Waals surface area contributed by atoms with E-state index in [4.69, 9.17) is 9.16 Å². The molecule has 1 heterocycles. The Morgan fingerprint density at radius 1 is 1.17 bits per heavy atom. The zero-order valence-corrected chi connectivity index (χ0v) is 18.4. The largest absolute Gasteiger partial charge is 0.444 e. The lowest BCUT2D eigenvalue weighted by atomic mass is 9.90. The first kappa shape index (κ1) is 21.5. The zero-order valence-electron chi connectivity index (χ0n) is 17.4. The van der Waals surface area contributed by atoms with Crippen molar-refractivity contribution in [1.82, 2.24) is 4.90 Å². The third kappa shape index (κ3) is 6.07. The average Bonchev–Trinajstić information content (AvgIpc) is 2.41. The number of amides is 1. The molecule has 0 saturated carbocycles. The van der Waals surface area contributed by atoms with Crippen LogP contribution in [0.1, 0.15) is 67.7 Å². The van der Waals surface area contributed by atoms with E-state index in [0.717, 1.165) is 32.4 Å². The van der Waals surface area contributed by atoms with E-state index in [1.165, 1.54) is 0 Å². The predicted molar refractivity (Wildman–Crippen MR) is 103 cm³/mol. The minimum absolute atomic E-state index is 0.168. The molecule has 0 aromatic heterocycles. The highest BCUT2D eigenvalue weighted by Crippen LogP contribution is 2.37. The van der Waals surface area contributed by atoms with Gasteiger partial charge in [0.2, 0.25) is 0 Å². The van der Waals surface area contributed by atoms with Crippen LogP contribution in [0.5, 0.6) is 0 Å². The molecule has 0 N–H and O–H groups in total. The second-order valence-electron chi connectivity index (χ2n) is 9.70. The molecule has 5 heteroatoms. The summed E-state index contributed by atoms with van der Waals surface area (Å²) in [5.74, 6) is 0.544. The van der Waals surface area contributed by atoms with Crippen LogP contribution >= 0.6 is 0 Å². The molecule has 4 nitrogen and oxygen atoms in total. The highest BCUT2D eigenvalue weighted by atomic mass is 28.4. The van der Waals surface area contributed by atoms with Crippen molar-refractivity contribution in [1.29, 1.82) is 0 Å². The van der Waals surface area contributed by atoms with Crippen LogP contribution in [0.3, 0.4) is 0 Å². The minimum atomic E-state index is -1.70. The Morgan fingerprint density at radius 3 is 2.21 bits per heavy atom. The molecule has 1 rings (SSSR count). The van der Waals surface area contributed by atoms with Gasteiger partial charge in [-0.1, -0.05) is 27.7 Å². The SMILES string of the molecule is CC[C@@H]1C[C@@H](CO[Si](C)(C)C(C)(C)C)CCN1C(=O)OC(C)(C)C. The molecule has 0 unspecified atom stereocenters. The number of ether oxygens (including phenoxy) is 1. The lowest BCUT2D eigenvalue weighted by Crippen LogP contribution is -2.49. The number of piperidine rings is 1. The smallest absolute Gasteiger partial charge is 0.410 e. The van der Waals surface area contributed by atoms with E-state index >= 15 is 0 Å². The van der Waals surface area contributed by atoms with E-state index in [2.05, 4.69) is 40.8 Å². The zero-order chi connectivity index (χ0) is 18.8. The second kappa shape index (κ2) is 7.77. The number of carbonyl (C=O) groups excluding carboxylic acids is 1. The molecule has 1 aliphatic heterocycles. The van der Waals surface area contributed by atoms with Crippen LogP contribution < -0.4 is 0 Å². The van der Waals surface area contributed by atoms with Gasteiger partial charge in [-0.2, -0.15) is 0 Å². The van der Waals surface area contributed by atoms with Crippen LogP contribution in [-0.4, -0.2) is 44.1 Å². The molecule has 0 radical (unpaired) electrons. The van der Waals surface area contributed by atoms with Gasteiger partial charge in [0, 0.05) is 19.2 Å². The number of hydrogen-bond donors (Lipinski definition) is 0. The maximum absolute atomic E-state index is 12.4. The maximum atomic E-state index is 12.4. The number of nitrogens with zero attached hydrogens (tertiary/aromatic N) is 1. The molecule has 2 atom stereocenters. The Balaban J connectivity index is 2.61. The van der Waals surface area contributed by atoms with Crippen molar-refractivity contribution in [2.45, 2.75) is 97.5 Å². The molecule has 0 aromatic rings. The summed E-state index contributed by atoms with van der Waals surface area (Å²) in [5.41, 5.74) is -0.433. The van der Waals surface area contributed by atoms with Gasteiger partial charge in [-0.3, -0.25) is 0 Å². The van der Waals surface area contributed by atoms with E-state index in [1.54, 1.807) is 0 Å². The quantitative estimate of drug-likeness (QED) is 0.629. The number of carbonyl (C=O) groups is 1. The topological polar surface area (TPSA) is 38.8 Å². The van der Waals surface area contributed by atoms with E-state index in [-0.39, 0.29) is 17.2 Å². The van der Waals surface area contributed by atoms with Gasteiger partial charge < -0.3 is 14.1 Å². The van der Waals surface area contributed by atoms with E-state index in [0.29, 0.717) is 5.92 Å². The highest BCUT2D eigenvalue weighted by molar-refractivity contribution is 6.74. The normalized spacial score (nSPS) is 23.3. The second-order valence-corrected chi connectivity index (χ2v) is 14.5. The van der Waals surface area contributed by atoms with Crippen molar-refractivity contribution in [3.8, 4) is 0 Å². The molecule has 1 fully saturated rings.